The van der Waals surface area contributed by atoms with E-state index in [1.165, 1.54) is 10.4 Å². The molecule has 0 saturated carbocycles. The van der Waals surface area contributed by atoms with Crippen LogP contribution < -0.4 is 10.6 Å². The lowest BCUT2D eigenvalue weighted by molar-refractivity contribution is 0.0959. The second-order valence-electron chi connectivity index (χ2n) is 7.44. The maximum Gasteiger partial charge on any atom is 0.255 e. The van der Waals surface area contributed by atoms with E-state index < -0.39 is 15.9 Å². The highest BCUT2D eigenvalue weighted by Gasteiger charge is 2.28. The van der Waals surface area contributed by atoms with E-state index in [0.717, 1.165) is 19.3 Å². The Morgan fingerprint density at radius 3 is 2.48 bits per heavy atom. The van der Waals surface area contributed by atoms with Crippen LogP contribution in [0, 0.1) is 6.92 Å². The molecule has 2 amide bonds. The van der Waals surface area contributed by atoms with Crippen LogP contribution in [-0.4, -0.2) is 44.2 Å². The Hall–Kier alpha value is -2.97. The van der Waals surface area contributed by atoms with Crippen LogP contribution in [0.25, 0.3) is 0 Å². The minimum Gasteiger partial charge on any atom is -0.349 e. The fraction of sp³-hybridized carbons (Fsp3) is 0.304. The summed E-state index contributed by atoms with van der Waals surface area (Å²) >= 11 is 0. The highest BCUT2D eigenvalue weighted by Crippen LogP contribution is 2.25. The van der Waals surface area contributed by atoms with Crippen molar-refractivity contribution < 1.29 is 18.0 Å². The molecular weight excluding hydrogens is 414 g/mol. The Morgan fingerprint density at radius 2 is 1.77 bits per heavy atom. The van der Waals surface area contributed by atoms with E-state index in [0.29, 0.717) is 36.4 Å². The molecule has 2 aromatic carbocycles. The maximum absolute atomic E-state index is 13.1. The van der Waals surface area contributed by atoms with Crippen molar-refractivity contribution in [2.24, 2.45) is 0 Å². The number of piperidine rings is 1. The second-order valence-corrected chi connectivity index (χ2v) is 9.35. The topological polar surface area (TPSA) is 95.6 Å². The van der Waals surface area contributed by atoms with Crippen LogP contribution in [0.4, 0.5) is 5.69 Å². The number of hydrogen-bond donors (Lipinski definition) is 2. The highest BCUT2D eigenvalue weighted by atomic mass is 32.2. The van der Waals surface area contributed by atoms with Gasteiger partial charge < -0.3 is 10.6 Å². The number of rotatable bonds is 7. The molecule has 7 nitrogen and oxygen atoms in total. The molecule has 0 aliphatic carbocycles. The fourth-order valence-electron chi connectivity index (χ4n) is 3.51. The number of nitrogens with zero attached hydrogens (tertiary/aromatic N) is 1. The SMILES string of the molecule is C=CCNC(=O)c1ccccc1NC(=O)c1ccc(C)c(S(=O)(=O)N2CCCCC2)c1. The first-order valence-electron chi connectivity index (χ1n) is 10.2. The smallest absolute Gasteiger partial charge is 0.255 e. The summed E-state index contributed by atoms with van der Waals surface area (Å²) in [4.78, 5) is 25.4. The van der Waals surface area contributed by atoms with E-state index in [1.807, 2.05) is 0 Å². The molecule has 0 atom stereocenters. The molecule has 1 heterocycles. The molecule has 8 heteroatoms. The number of hydrogen-bond acceptors (Lipinski definition) is 4. The number of aryl methyl sites for hydroxylation is 1. The lowest BCUT2D eigenvalue weighted by Crippen LogP contribution is -2.36. The lowest BCUT2D eigenvalue weighted by atomic mass is 10.1. The van der Waals surface area contributed by atoms with Gasteiger partial charge in [0.2, 0.25) is 10.0 Å². The quantitative estimate of drug-likeness (QED) is 0.644. The Kier molecular flexibility index (Phi) is 7.25. The monoisotopic (exact) mass is 441 g/mol. The molecule has 0 unspecified atom stereocenters. The van der Waals surface area contributed by atoms with Crippen molar-refractivity contribution in [3.63, 3.8) is 0 Å². The van der Waals surface area contributed by atoms with Crippen LogP contribution in [0.1, 0.15) is 45.5 Å². The van der Waals surface area contributed by atoms with Crippen LogP contribution in [0.2, 0.25) is 0 Å². The number of sulfonamides is 1. The van der Waals surface area contributed by atoms with Gasteiger partial charge in [-0.3, -0.25) is 9.59 Å². The summed E-state index contributed by atoms with van der Waals surface area (Å²) in [5.41, 5.74) is 1.45. The van der Waals surface area contributed by atoms with Crippen molar-refractivity contribution in [2.75, 3.05) is 25.0 Å². The van der Waals surface area contributed by atoms with Gasteiger partial charge in [-0.2, -0.15) is 4.31 Å². The zero-order chi connectivity index (χ0) is 22.4. The van der Waals surface area contributed by atoms with Crippen LogP contribution >= 0.6 is 0 Å². The Bertz CT molecular complexity index is 1090. The number of anilines is 1. The lowest BCUT2D eigenvalue weighted by Gasteiger charge is -2.26. The van der Waals surface area contributed by atoms with Crippen LogP contribution in [0.3, 0.4) is 0 Å². The van der Waals surface area contributed by atoms with Crippen molar-refractivity contribution in [2.45, 2.75) is 31.1 Å². The first-order valence-corrected chi connectivity index (χ1v) is 11.7. The number of nitrogens with one attached hydrogen (secondary N) is 2. The summed E-state index contributed by atoms with van der Waals surface area (Å²) in [7, 11) is -3.67. The second kappa shape index (κ2) is 9.89. The summed E-state index contributed by atoms with van der Waals surface area (Å²) < 4.78 is 27.7. The third kappa shape index (κ3) is 5.21. The molecule has 2 N–H and O–H groups in total. The molecule has 3 rings (SSSR count). The van der Waals surface area contributed by atoms with Crippen molar-refractivity contribution in [1.29, 1.82) is 0 Å². The number of para-hydroxylation sites is 1. The van der Waals surface area contributed by atoms with E-state index in [4.69, 9.17) is 0 Å². The number of carbonyl (C=O) groups is 2. The summed E-state index contributed by atoms with van der Waals surface area (Å²) in [5, 5.41) is 5.41. The number of benzene rings is 2. The third-order valence-corrected chi connectivity index (χ3v) is 7.25. The molecule has 1 aliphatic rings. The zero-order valence-corrected chi connectivity index (χ0v) is 18.4. The zero-order valence-electron chi connectivity index (χ0n) is 17.6. The molecule has 1 aliphatic heterocycles. The minimum absolute atomic E-state index is 0.138. The molecule has 0 aromatic heterocycles. The van der Waals surface area contributed by atoms with Gasteiger partial charge in [0.1, 0.15) is 0 Å². The van der Waals surface area contributed by atoms with E-state index in [-0.39, 0.29) is 16.4 Å². The van der Waals surface area contributed by atoms with Crippen molar-refractivity contribution in [1.82, 2.24) is 9.62 Å². The van der Waals surface area contributed by atoms with Gasteiger partial charge in [0.25, 0.3) is 11.8 Å². The third-order valence-electron chi connectivity index (χ3n) is 5.21. The summed E-state index contributed by atoms with van der Waals surface area (Å²) in [6, 6.07) is 11.3. The van der Waals surface area contributed by atoms with Gasteiger partial charge in [0, 0.05) is 25.2 Å². The number of carbonyl (C=O) groups excluding carboxylic acids is 2. The average molecular weight is 442 g/mol. The molecule has 0 radical (unpaired) electrons. The largest absolute Gasteiger partial charge is 0.349 e. The van der Waals surface area contributed by atoms with Gasteiger partial charge in [-0.25, -0.2) is 8.42 Å². The van der Waals surface area contributed by atoms with Crippen molar-refractivity contribution in [3.05, 3.63) is 71.8 Å². The Balaban J connectivity index is 1.86. The summed E-state index contributed by atoms with van der Waals surface area (Å²) in [5.74, 6) is -0.827. The highest BCUT2D eigenvalue weighted by molar-refractivity contribution is 7.89. The minimum atomic E-state index is -3.67. The van der Waals surface area contributed by atoms with Crippen LogP contribution in [-0.2, 0) is 10.0 Å². The van der Waals surface area contributed by atoms with Gasteiger partial charge in [-0.05, 0) is 49.6 Å². The number of amides is 2. The van der Waals surface area contributed by atoms with Gasteiger partial charge >= 0.3 is 0 Å². The predicted molar refractivity (Wildman–Crippen MR) is 121 cm³/mol. The molecule has 0 spiro atoms. The predicted octanol–water partition coefficient (Wildman–Crippen LogP) is 3.34. The molecule has 0 bridgehead atoms. The molecular formula is C23H27N3O4S. The molecule has 1 fully saturated rings. The Morgan fingerprint density at radius 1 is 1.06 bits per heavy atom. The maximum atomic E-state index is 13.1. The molecule has 1 saturated heterocycles. The van der Waals surface area contributed by atoms with Gasteiger partial charge in [-0.1, -0.05) is 30.7 Å². The van der Waals surface area contributed by atoms with E-state index in [9.17, 15) is 18.0 Å². The van der Waals surface area contributed by atoms with Gasteiger partial charge in [0.05, 0.1) is 16.1 Å². The van der Waals surface area contributed by atoms with Gasteiger partial charge in [-0.15, -0.1) is 6.58 Å². The van der Waals surface area contributed by atoms with Crippen molar-refractivity contribution >= 4 is 27.5 Å². The summed E-state index contributed by atoms with van der Waals surface area (Å²) in [6.07, 6.45) is 4.26. The Labute approximate surface area is 183 Å². The summed E-state index contributed by atoms with van der Waals surface area (Å²) in [6.45, 7) is 6.57. The van der Waals surface area contributed by atoms with E-state index >= 15 is 0 Å². The van der Waals surface area contributed by atoms with Crippen molar-refractivity contribution in [3.8, 4) is 0 Å². The fourth-order valence-corrected chi connectivity index (χ4v) is 5.28. The molecule has 31 heavy (non-hydrogen) atoms. The van der Waals surface area contributed by atoms with E-state index in [2.05, 4.69) is 17.2 Å². The normalized spacial score (nSPS) is 14.6. The standard InChI is InChI=1S/C23H27N3O4S/c1-3-13-24-23(28)19-9-5-6-10-20(19)25-22(27)18-12-11-17(2)21(16-18)31(29,30)26-14-7-4-8-15-26/h3,5-6,9-12,16H,1,4,7-8,13-15H2,2H3,(H,24,28)(H,25,27). The molecule has 2 aromatic rings. The van der Waals surface area contributed by atoms with Gasteiger partial charge in [0.15, 0.2) is 0 Å². The first kappa shape index (κ1) is 22.7. The average Bonchev–Trinajstić information content (AvgIpc) is 2.78. The van der Waals surface area contributed by atoms with Crippen LogP contribution in [0.5, 0.6) is 0 Å². The molecule has 164 valence electrons. The van der Waals surface area contributed by atoms with Crippen LogP contribution in [0.15, 0.2) is 60.0 Å². The van der Waals surface area contributed by atoms with E-state index in [1.54, 1.807) is 49.4 Å². The first-order chi connectivity index (χ1) is 14.8.